The van der Waals surface area contributed by atoms with Crippen LogP contribution in [0.2, 0.25) is 0 Å². The standard InChI is InChI=1S/C58H45NO/c1-58(2)54-23-13-12-21-49(54)50-34-31-47(38-55(50)58)59(45-29-25-40(26-30-45)39-15-6-3-7-16-39)46-20-14-19-44(35-46)53-36-42(27-32-48(53)41-17-8-4-9-18-41)43-28-33-52-51-22-10-5-11-24-56(51)60-57(52)37-43/h3-4,6-9,12-38H,5,10-11H2,1-2H3. The van der Waals surface area contributed by atoms with E-state index >= 15 is 0 Å². The summed E-state index contributed by atoms with van der Waals surface area (Å²) in [5.74, 6) is 0. The summed E-state index contributed by atoms with van der Waals surface area (Å²) in [6.45, 7) is 4.71. The SMILES string of the molecule is CC1(C)c2ccccc2-c2ccc(N(c3ccc(-c4ccccc4)cc3)c3cccc(-c4cc(-c5ccc6c7c(oc6c5)=CCCCC=7)ccc4-c4ccccc4)c3)cc21. The van der Waals surface area contributed by atoms with Crippen molar-refractivity contribution in [2.45, 2.75) is 38.5 Å². The van der Waals surface area contributed by atoms with E-state index in [1.54, 1.807) is 0 Å². The lowest BCUT2D eigenvalue weighted by molar-refractivity contribution is 0.574. The summed E-state index contributed by atoms with van der Waals surface area (Å²) in [7, 11) is 0. The van der Waals surface area contributed by atoms with Crippen molar-refractivity contribution < 1.29 is 4.42 Å². The molecule has 0 spiro atoms. The lowest BCUT2D eigenvalue weighted by Gasteiger charge is -2.29. The van der Waals surface area contributed by atoms with Crippen LogP contribution in [0.4, 0.5) is 17.1 Å². The highest BCUT2D eigenvalue weighted by molar-refractivity contribution is 5.92. The fraction of sp³-hybridized carbons (Fsp3) is 0.103. The van der Waals surface area contributed by atoms with Crippen LogP contribution in [0.25, 0.3) is 78.8 Å². The molecule has 9 aromatic rings. The van der Waals surface area contributed by atoms with Crippen molar-refractivity contribution >= 4 is 40.2 Å². The highest BCUT2D eigenvalue weighted by Crippen LogP contribution is 2.51. The minimum atomic E-state index is -0.120. The highest BCUT2D eigenvalue weighted by Gasteiger charge is 2.35. The molecule has 1 aromatic heterocycles. The van der Waals surface area contributed by atoms with Gasteiger partial charge < -0.3 is 9.32 Å². The summed E-state index contributed by atoms with van der Waals surface area (Å²) >= 11 is 0. The minimum absolute atomic E-state index is 0.120. The van der Waals surface area contributed by atoms with Gasteiger partial charge in [-0.3, -0.25) is 0 Å². The topological polar surface area (TPSA) is 16.4 Å². The summed E-state index contributed by atoms with van der Waals surface area (Å²) in [6, 6.07) is 69.0. The van der Waals surface area contributed by atoms with Gasteiger partial charge in [-0.05, 0) is 147 Å². The average molecular weight is 772 g/mol. The summed E-state index contributed by atoms with van der Waals surface area (Å²) in [5, 5.41) is 2.43. The molecule has 2 aliphatic rings. The number of furan rings is 1. The van der Waals surface area contributed by atoms with Crippen molar-refractivity contribution in [3.8, 4) is 55.6 Å². The molecule has 0 N–H and O–H groups in total. The van der Waals surface area contributed by atoms with Gasteiger partial charge in [0, 0.05) is 33.1 Å². The predicted molar refractivity (Wildman–Crippen MR) is 252 cm³/mol. The monoisotopic (exact) mass is 771 g/mol. The van der Waals surface area contributed by atoms with Crippen LogP contribution in [0, 0.1) is 0 Å². The van der Waals surface area contributed by atoms with Crippen LogP contribution < -0.4 is 15.5 Å². The quantitative estimate of drug-likeness (QED) is 0.160. The Morgan fingerprint density at radius 3 is 1.87 bits per heavy atom. The molecule has 0 radical (unpaired) electrons. The van der Waals surface area contributed by atoms with Crippen molar-refractivity contribution in [2.24, 2.45) is 0 Å². The van der Waals surface area contributed by atoms with Gasteiger partial charge in [0.15, 0.2) is 0 Å². The molecule has 2 nitrogen and oxygen atoms in total. The lowest BCUT2D eigenvalue weighted by atomic mass is 9.82. The zero-order valence-electron chi connectivity index (χ0n) is 34.0. The predicted octanol–water partition coefficient (Wildman–Crippen LogP) is 14.6. The molecule has 1 heterocycles. The molecule has 0 unspecified atom stereocenters. The molecular formula is C58H45NO. The van der Waals surface area contributed by atoms with Crippen molar-refractivity contribution in [1.82, 2.24) is 0 Å². The van der Waals surface area contributed by atoms with Crippen LogP contribution in [0.3, 0.4) is 0 Å². The smallest absolute Gasteiger partial charge is 0.136 e. The van der Waals surface area contributed by atoms with Crippen molar-refractivity contribution in [1.29, 1.82) is 0 Å². The Labute approximate surface area is 352 Å². The summed E-state index contributed by atoms with van der Waals surface area (Å²) in [6.07, 6.45) is 7.89. The van der Waals surface area contributed by atoms with Crippen LogP contribution in [0.5, 0.6) is 0 Å². The third-order valence-corrected chi connectivity index (χ3v) is 12.8. The van der Waals surface area contributed by atoms with Crippen LogP contribution in [0.15, 0.2) is 192 Å². The highest BCUT2D eigenvalue weighted by atomic mass is 16.3. The second kappa shape index (κ2) is 14.6. The Morgan fingerprint density at radius 1 is 0.417 bits per heavy atom. The molecule has 0 amide bonds. The maximum absolute atomic E-state index is 6.47. The largest absolute Gasteiger partial charge is 0.456 e. The molecule has 2 heteroatoms. The number of hydrogen-bond acceptors (Lipinski definition) is 2. The number of anilines is 3. The molecule has 0 fully saturated rings. The van der Waals surface area contributed by atoms with Gasteiger partial charge in [0.25, 0.3) is 0 Å². The van der Waals surface area contributed by atoms with E-state index in [9.17, 15) is 0 Å². The first kappa shape index (κ1) is 36.0. The third-order valence-electron chi connectivity index (χ3n) is 12.8. The zero-order chi connectivity index (χ0) is 40.2. The molecule has 288 valence electrons. The summed E-state index contributed by atoms with van der Waals surface area (Å²) in [5.41, 5.74) is 20.0. The van der Waals surface area contributed by atoms with E-state index in [-0.39, 0.29) is 5.41 Å². The molecule has 2 aliphatic carbocycles. The van der Waals surface area contributed by atoms with E-state index in [1.807, 2.05) is 0 Å². The molecule has 11 rings (SSSR count). The van der Waals surface area contributed by atoms with E-state index in [0.717, 1.165) is 57.6 Å². The van der Waals surface area contributed by atoms with Crippen LogP contribution in [-0.4, -0.2) is 0 Å². The van der Waals surface area contributed by atoms with Crippen molar-refractivity contribution in [3.05, 3.63) is 210 Å². The van der Waals surface area contributed by atoms with Gasteiger partial charge in [0.05, 0.1) is 0 Å². The second-order valence-electron chi connectivity index (χ2n) is 16.8. The molecular weight excluding hydrogens is 727 g/mol. The van der Waals surface area contributed by atoms with E-state index in [0.29, 0.717) is 0 Å². The van der Waals surface area contributed by atoms with Gasteiger partial charge in [-0.15, -0.1) is 0 Å². The molecule has 0 saturated carbocycles. The second-order valence-corrected chi connectivity index (χ2v) is 16.8. The first-order valence-electron chi connectivity index (χ1n) is 21.2. The fourth-order valence-corrected chi connectivity index (χ4v) is 9.63. The molecule has 8 aromatic carbocycles. The third kappa shape index (κ3) is 6.19. The molecule has 0 aliphatic heterocycles. The van der Waals surface area contributed by atoms with Gasteiger partial charge in [0.2, 0.25) is 0 Å². The average Bonchev–Trinajstić information content (AvgIpc) is 3.64. The van der Waals surface area contributed by atoms with Gasteiger partial charge in [0.1, 0.15) is 11.0 Å². The first-order valence-corrected chi connectivity index (χ1v) is 21.2. The van der Waals surface area contributed by atoms with E-state index in [1.165, 1.54) is 67.1 Å². The number of hydrogen-bond donors (Lipinski definition) is 0. The van der Waals surface area contributed by atoms with Crippen LogP contribution in [0.1, 0.15) is 44.2 Å². The van der Waals surface area contributed by atoms with Gasteiger partial charge in [-0.1, -0.05) is 153 Å². The molecule has 0 atom stereocenters. The number of rotatable bonds is 7. The van der Waals surface area contributed by atoms with Crippen LogP contribution in [-0.2, 0) is 5.41 Å². The number of benzene rings is 8. The van der Waals surface area contributed by atoms with E-state index in [2.05, 4.69) is 219 Å². The van der Waals surface area contributed by atoms with E-state index < -0.39 is 0 Å². The minimum Gasteiger partial charge on any atom is -0.456 e. The maximum atomic E-state index is 6.47. The van der Waals surface area contributed by atoms with Gasteiger partial charge >= 0.3 is 0 Å². The molecule has 60 heavy (non-hydrogen) atoms. The number of fused-ring (bicyclic) bond motifs is 6. The maximum Gasteiger partial charge on any atom is 0.136 e. The van der Waals surface area contributed by atoms with Crippen molar-refractivity contribution in [2.75, 3.05) is 4.90 Å². The summed E-state index contributed by atoms with van der Waals surface area (Å²) < 4.78 is 6.47. The zero-order valence-corrected chi connectivity index (χ0v) is 34.0. The number of nitrogens with zero attached hydrogens (tertiary/aromatic N) is 1. The normalized spacial score (nSPS) is 13.7. The Hall–Kier alpha value is -7.16. The first-order chi connectivity index (χ1) is 29.5. The van der Waals surface area contributed by atoms with Gasteiger partial charge in [-0.25, -0.2) is 0 Å². The summed E-state index contributed by atoms with van der Waals surface area (Å²) in [4.78, 5) is 2.42. The van der Waals surface area contributed by atoms with Crippen molar-refractivity contribution in [3.63, 3.8) is 0 Å². The molecule has 0 bridgehead atoms. The Bertz CT molecular complexity index is 3190. The van der Waals surface area contributed by atoms with Crippen LogP contribution >= 0.6 is 0 Å². The Balaban J connectivity index is 1.06. The van der Waals surface area contributed by atoms with E-state index in [4.69, 9.17) is 4.42 Å². The fourth-order valence-electron chi connectivity index (χ4n) is 9.63. The Morgan fingerprint density at radius 2 is 1.03 bits per heavy atom. The lowest BCUT2D eigenvalue weighted by Crippen LogP contribution is -2.18. The Kier molecular flexibility index (Phi) is 8.74. The van der Waals surface area contributed by atoms with Gasteiger partial charge in [-0.2, -0.15) is 0 Å². The molecule has 0 saturated heterocycles.